The van der Waals surface area contributed by atoms with Crippen molar-refractivity contribution in [2.24, 2.45) is 15.9 Å². The van der Waals surface area contributed by atoms with E-state index in [0.717, 1.165) is 40.7 Å². The largest absolute Gasteiger partial charge is 0.294 e. The molecule has 1 amide bonds. The second-order valence-corrected chi connectivity index (χ2v) is 7.88. The van der Waals surface area contributed by atoms with Gasteiger partial charge in [0.25, 0.3) is 0 Å². The zero-order chi connectivity index (χ0) is 19.9. The number of hydrogen-bond acceptors (Lipinski definition) is 4. The molecule has 1 N–H and O–H groups in total. The van der Waals surface area contributed by atoms with Gasteiger partial charge in [-0.2, -0.15) is 0 Å². The SMILES string of the molecule is Cc1ccc(CC2C=NC(=NCCCCc3ncc(Br)cc3C)NC2=O)cn1. The van der Waals surface area contributed by atoms with Crippen LogP contribution < -0.4 is 5.32 Å². The maximum absolute atomic E-state index is 12.3. The molecule has 6 nitrogen and oxygen atoms in total. The highest BCUT2D eigenvalue weighted by Gasteiger charge is 2.22. The molecule has 0 aromatic carbocycles. The second kappa shape index (κ2) is 9.68. The number of rotatable bonds is 7. The zero-order valence-corrected chi connectivity index (χ0v) is 17.7. The third-order valence-electron chi connectivity index (χ3n) is 4.61. The summed E-state index contributed by atoms with van der Waals surface area (Å²) in [6.45, 7) is 4.65. The molecule has 0 spiro atoms. The molecule has 7 heteroatoms. The second-order valence-electron chi connectivity index (χ2n) is 6.97. The van der Waals surface area contributed by atoms with Gasteiger partial charge in [-0.3, -0.25) is 25.1 Å². The highest BCUT2D eigenvalue weighted by Crippen LogP contribution is 2.15. The number of nitrogens with one attached hydrogen (secondary N) is 1. The number of hydrogen-bond donors (Lipinski definition) is 1. The Balaban J connectivity index is 1.45. The number of aromatic nitrogens is 2. The first-order valence-corrected chi connectivity index (χ1v) is 10.2. The Bertz CT molecular complexity index is 892. The van der Waals surface area contributed by atoms with E-state index in [-0.39, 0.29) is 11.8 Å². The maximum Gasteiger partial charge on any atom is 0.235 e. The molecule has 3 rings (SSSR count). The molecule has 2 aromatic rings. The van der Waals surface area contributed by atoms with Gasteiger partial charge in [0.1, 0.15) is 0 Å². The molecule has 3 heterocycles. The van der Waals surface area contributed by atoms with E-state index in [9.17, 15) is 4.79 Å². The monoisotopic (exact) mass is 441 g/mol. The fourth-order valence-corrected chi connectivity index (χ4v) is 3.43. The minimum atomic E-state index is -0.282. The zero-order valence-electron chi connectivity index (χ0n) is 16.2. The highest BCUT2D eigenvalue weighted by molar-refractivity contribution is 9.10. The summed E-state index contributed by atoms with van der Waals surface area (Å²) in [6, 6.07) is 6.03. The number of carbonyl (C=O) groups excluding carboxylic acids is 1. The topological polar surface area (TPSA) is 79.6 Å². The van der Waals surface area contributed by atoms with E-state index in [0.29, 0.717) is 18.9 Å². The van der Waals surface area contributed by atoms with Gasteiger partial charge in [-0.15, -0.1) is 0 Å². The average Bonchev–Trinajstić information content (AvgIpc) is 2.67. The van der Waals surface area contributed by atoms with E-state index in [1.807, 2.05) is 31.5 Å². The van der Waals surface area contributed by atoms with Gasteiger partial charge in [0.15, 0.2) is 0 Å². The molecular weight excluding hydrogens is 418 g/mol. The molecule has 146 valence electrons. The van der Waals surface area contributed by atoms with Gasteiger partial charge >= 0.3 is 0 Å². The predicted octanol–water partition coefficient (Wildman–Crippen LogP) is 3.59. The Morgan fingerprint density at radius 1 is 1.18 bits per heavy atom. The van der Waals surface area contributed by atoms with Crippen LogP contribution in [0.25, 0.3) is 0 Å². The van der Waals surface area contributed by atoms with E-state index in [1.54, 1.807) is 6.21 Å². The lowest BCUT2D eigenvalue weighted by atomic mass is 10.00. The van der Waals surface area contributed by atoms with E-state index in [1.165, 1.54) is 5.56 Å². The summed E-state index contributed by atoms with van der Waals surface area (Å²) in [4.78, 5) is 29.7. The maximum atomic E-state index is 12.3. The van der Waals surface area contributed by atoms with Gasteiger partial charge in [-0.1, -0.05) is 6.07 Å². The van der Waals surface area contributed by atoms with Crippen LogP contribution in [0.3, 0.4) is 0 Å². The van der Waals surface area contributed by atoms with Crippen molar-refractivity contribution in [1.82, 2.24) is 15.3 Å². The van der Waals surface area contributed by atoms with Gasteiger partial charge in [0.05, 0.1) is 5.92 Å². The van der Waals surface area contributed by atoms with Crippen LogP contribution in [0.2, 0.25) is 0 Å². The molecule has 0 aliphatic carbocycles. The molecule has 0 saturated carbocycles. The molecule has 0 saturated heterocycles. The first kappa shape index (κ1) is 20.3. The fourth-order valence-electron chi connectivity index (χ4n) is 2.98. The Kier molecular flexibility index (Phi) is 7.03. The predicted molar refractivity (Wildman–Crippen MR) is 115 cm³/mol. The number of guanidine groups is 1. The lowest BCUT2D eigenvalue weighted by Crippen LogP contribution is -2.40. The third kappa shape index (κ3) is 5.79. The van der Waals surface area contributed by atoms with Gasteiger partial charge in [0, 0.05) is 41.0 Å². The van der Waals surface area contributed by atoms with Crippen LogP contribution >= 0.6 is 15.9 Å². The highest BCUT2D eigenvalue weighted by atomic mass is 79.9. The van der Waals surface area contributed by atoms with Crippen molar-refractivity contribution < 1.29 is 4.79 Å². The van der Waals surface area contributed by atoms with E-state index in [4.69, 9.17) is 0 Å². The van der Waals surface area contributed by atoms with Crippen molar-refractivity contribution in [2.45, 2.75) is 39.5 Å². The lowest BCUT2D eigenvalue weighted by Gasteiger charge is -2.17. The van der Waals surface area contributed by atoms with Gasteiger partial charge in [-0.25, -0.2) is 4.99 Å². The normalized spacial score (nSPS) is 17.8. The molecule has 1 aliphatic rings. The molecule has 0 radical (unpaired) electrons. The number of pyridine rings is 2. The first-order valence-electron chi connectivity index (χ1n) is 9.43. The van der Waals surface area contributed by atoms with Crippen LogP contribution in [0.1, 0.15) is 35.4 Å². The molecule has 2 aromatic heterocycles. The van der Waals surface area contributed by atoms with Crippen LogP contribution in [-0.4, -0.2) is 34.6 Å². The number of nitrogens with zero attached hydrogens (tertiary/aromatic N) is 4. The van der Waals surface area contributed by atoms with Crippen molar-refractivity contribution >= 4 is 34.0 Å². The third-order valence-corrected chi connectivity index (χ3v) is 5.05. The number of aliphatic imine (C=N–C) groups is 2. The fraction of sp³-hybridized carbons (Fsp3) is 0.381. The average molecular weight is 442 g/mol. The lowest BCUT2D eigenvalue weighted by molar-refractivity contribution is -0.121. The number of aryl methyl sites for hydroxylation is 3. The van der Waals surface area contributed by atoms with E-state index >= 15 is 0 Å². The van der Waals surface area contributed by atoms with Gasteiger partial charge in [-0.05, 0) is 78.7 Å². The van der Waals surface area contributed by atoms with E-state index in [2.05, 4.69) is 54.2 Å². The smallest absolute Gasteiger partial charge is 0.235 e. The van der Waals surface area contributed by atoms with Gasteiger partial charge < -0.3 is 0 Å². The Morgan fingerprint density at radius 2 is 2.04 bits per heavy atom. The number of halogens is 1. The summed E-state index contributed by atoms with van der Waals surface area (Å²) in [6.07, 6.45) is 8.76. The molecule has 1 atom stereocenters. The summed E-state index contributed by atoms with van der Waals surface area (Å²) >= 11 is 3.43. The summed E-state index contributed by atoms with van der Waals surface area (Å²) in [5.41, 5.74) is 4.30. The first-order chi connectivity index (χ1) is 13.5. The van der Waals surface area contributed by atoms with Crippen LogP contribution in [-0.2, 0) is 17.6 Å². The number of carbonyl (C=O) groups is 1. The molecule has 0 bridgehead atoms. The molecule has 28 heavy (non-hydrogen) atoms. The Labute approximate surface area is 173 Å². The number of amides is 1. The van der Waals surface area contributed by atoms with Crippen LogP contribution in [0.5, 0.6) is 0 Å². The van der Waals surface area contributed by atoms with Crippen LogP contribution in [0.4, 0.5) is 0 Å². The minimum absolute atomic E-state index is 0.0657. The quantitative estimate of drug-likeness (QED) is 0.666. The molecular formula is C21H24BrN5O. The number of unbranched alkanes of at least 4 members (excludes halogenated alkanes) is 1. The summed E-state index contributed by atoms with van der Waals surface area (Å²) in [5, 5.41) is 2.80. The van der Waals surface area contributed by atoms with Crippen molar-refractivity contribution in [3.05, 3.63) is 57.6 Å². The molecule has 1 unspecified atom stereocenters. The molecule has 0 fully saturated rings. The van der Waals surface area contributed by atoms with E-state index < -0.39 is 0 Å². The van der Waals surface area contributed by atoms with Crippen molar-refractivity contribution in [3.8, 4) is 0 Å². The minimum Gasteiger partial charge on any atom is -0.294 e. The van der Waals surface area contributed by atoms with Crippen molar-refractivity contribution in [2.75, 3.05) is 6.54 Å². The summed E-state index contributed by atoms with van der Waals surface area (Å²) in [7, 11) is 0. The van der Waals surface area contributed by atoms with Crippen molar-refractivity contribution in [1.29, 1.82) is 0 Å². The summed E-state index contributed by atoms with van der Waals surface area (Å²) in [5.74, 6) is 0.0557. The van der Waals surface area contributed by atoms with Crippen LogP contribution in [0, 0.1) is 19.8 Å². The van der Waals surface area contributed by atoms with Crippen molar-refractivity contribution in [3.63, 3.8) is 0 Å². The molecule has 1 aliphatic heterocycles. The Morgan fingerprint density at radius 3 is 2.75 bits per heavy atom. The van der Waals surface area contributed by atoms with Gasteiger partial charge in [0.2, 0.25) is 11.9 Å². The Hall–Kier alpha value is -2.41. The standard InChI is InChI=1S/C21H24BrN5O/c1-14-9-18(22)13-25-19(14)5-3-4-8-23-21-26-12-17(20(28)27-21)10-16-7-6-15(2)24-11-16/h6-7,9,11-13,17H,3-5,8,10H2,1-2H3,(H,23,27,28). The van der Waals surface area contributed by atoms with Crippen LogP contribution in [0.15, 0.2) is 45.1 Å². The summed E-state index contributed by atoms with van der Waals surface area (Å²) < 4.78 is 1.00.